The number of hydrogen-bond donors (Lipinski definition) is 2. The van der Waals surface area contributed by atoms with Crippen molar-refractivity contribution in [1.82, 2.24) is 4.90 Å². The van der Waals surface area contributed by atoms with Gasteiger partial charge in [-0.25, -0.2) is 0 Å². The lowest BCUT2D eigenvalue weighted by atomic mass is 9.39. The quantitative estimate of drug-likeness (QED) is 0.533. The first-order valence-electron chi connectivity index (χ1n) is 15.2. The summed E-state index contributed by atoms with van der Waals surface area (Å²) in [6, 6.07) is 10.9. The van der Waals surface area contributed by atoms with Gasteiger partial charge < -0.3 is 19.7 Å². The number of nitrogens with zero attached hydrogens (tertiary/aromatic N) is 1. The molecule has 1 unspecified atom stereocenters. The van der Waals surface area contributed by atoms with Crippen LogP contribution in [0, 0.1) is 30.6 Å². The number of aliphatic hydroxyl groups is 1. The van der Waals surface area contributed by atoms with Gasteiger partial charge in [0.05, 0.1) is 5.60 Å². The minimum atomic E-state index is -0.976. The van der Waals surface area contributed by atoms with Gasteiger partial charge >= 0.3 is 0 Å². The zero-order valence-electron chi connectivity index (χ0n) is 24.1. The number of phenolic OH excluding ortho intramolecular Hbond substituents is 1. The van der Waals surface area contributed by atoms with Gasteiger partial charge in [-0.2, -0.15) is 0 Å². The Bertz CT molecular complexity index is 1380. The van der Waals surface area contributed by atoms with Crippen LogP contribution in [-0.4, -0.2) is 53.1 Å². The molecule has 8 rings (SSSR count). The van der Waals surface area contributed by atoms with Crippen LogP contribution in [0.4, 0.5) is 0 Å². The highest BCUT2D eigenvalue weighted by atomic mass is 16.6. The molecular formula is C34H43NO4. The summed E-state index contributed by atoms with van der Waals surface area (Å²) in [5.74, 6) is 1.75. The Kier molecular flexibility index (Phi) is 4.69. The summed E-state index contributed by atoms with van der Waals surface area (Å²) < 4.78 is 13.8. The van der Waals surface area contributed by atoms with Crippen molar-refractivity contribution in [3.63, 3.8) is 0 Å². The van der Waals surface area contributed by atoms with Gasteiger partial charge in [0, 0.05) is 36.1 Å². The number of benzene rings is 2. The van der Waals surface area contributed by atoms with Gasteiger partial charge in [0.15, 0.2) is 11.5 Å². The van der Waals surface area contributed by atoms with Crippen LogP contribution < -0.4 is 4.74 Å². The van der Waals surface area contributed by atoms with Gasteiger partial charge in [0.1, 0.15) is 11.7 Å². The summed E-state index contributed by atoms with van der Waals surface area (Å²) in [4.78, 5) is 2.80. The first kappa shape index (κ1) is 24.7. The number of methoxy groups -OCH3 is 1. The van der Waals surface area contributed by atoms with Crippen molar-refractivity contribution < 1.29 is 19.7 Å². The van der Waals surface area contributed by atoms with E-state index in [0.29, 0.717) is 18.2 Å². The van der Waals surface area contributed by atoms with Crippen LogP contribution in [0.1, 0.15) is 80.2 Å². The van der Waals surface area contributed by atoms with E-state index in [1.807, 2.05) is 13.2 Å². The number of hydrogen-bond acceptors (Lipinski definition) is 5. The molecule has 0 aromatic heterocycles. The molecular weight excluding hydrogens is 486 g/mol. The third-order valence-corrected chi connectivity index (χ3v) is 12.7. The van der Waals surface area contributed by atoms with Crippen molar-refractivity contribution in [2.75, 3.05) is 20.2 Å². The molecule has 2 spiro atoms. The standard InChI is InChI=1S/C34H43NO4/c1-6-34(38-5)29-32-11-12-35(17-22-7-8-22)26(16-23-9-10-25(36)28(39-29)27(23)32)30(32,4)18-31(34)19-33(31,37)24-14-20(2)13-21(3)15-24/h9-10,13-15,22,26,29,36-37H,6-8,11-12,16-19H2,1-5H3/t26-,29-,30-,31?,32+,33-,34+/m1/s1. The van der Waals surface area contributed by atoms with Gasteiger partial charge in [-0.3, -0.25) is 4.90 Å². The maximum atomic E-state index is 12.7. The van der Waals surface area contributed by atoms with Crippen molar-refractivity contribution >= 4 is 0 Å². The van der Waals surface area contributed by atoms with Gasteiger partial charge in [-0.15, -0.1) is 0 Å². The number of aryl methyl sites for hydroxylation is 2. The Morgan fingerprint density at radius 2 is 1.85 bits per heavy atom. The third-order valence-electron chi connectivity index (χ3n) is 12.7. The topological polar surface area (TPSA) is 62.2 Å². The number of piperidine rings is 1. The molecule has 5 heteroatoms. The first-order valence-corrected chi connectivity index (χ1v) is 15.2. The van der Waals surface area contributed by atoms with E-state index in [4.69, 9.17) is 9.47 Å². The molecule has 2 bridgehead atoms. The highest BCUT2D eigenvalue weighted by Crippen LogP contribution is 2.83. The predicted octanol–water partition coefficient (Wildman–Crippen LogP) is 5.53. The third kappa shape index (κ3) is 2.65. The number of aromatic hydroxyl groups is 1. The van der Waals surface area contributed by atoms with Crippen molar-refractivity contribution in [2.45, 2.75) is 101 Å². The van der Waals surface area contributed by atoms with Crippen LogP contribution in [0.25, 0.3) is 0 Å². The van der Waals surface area contributed by atoms with E-state index in [9.17, 15) is 10.2 Å². The molecule has 208 valence electrons. The molecule has 0 amide bonds. The fourth-order valence-corrected chi connectivity index (χ4v) is 10.9. The zero-order chi connectivity index (χ0) is 27.2. The van der Waals surface area contributed by atoms with Crippen LogP contribution in [0.2, 0.25) is 0 Å². The number of likely N-dealkylation sites (tertiary alicyclic amines) is 1. The van der Waals surface area contributed by atoms with Crippen molar-refractivity contribution in [3.05, 3.63) is 58.1 Å². The Morgan fingerprint density at radius 3 is 2.51 bits per heavy atom. The summed E-state index contributed by atoms with van der Waals surface area (Å²) >= 11 is 0. The number of ether oxygens (including phenoxy) is 2. The van der Waals surface area contributed by atoms with E-state index < -0.39 is 16.6 Å². The van der Waals surface area contributed by atoms with Crippen molar-refractivity contribution in [2.24, 2.45) is 16.7 Å². The molecule has 2 aliphatic heterocycles. The lowest BCUT2D eigenvalue weighted by Crippen LogP contribution is -2.78. The van der Waals surface area contributed by atoms with E-state index in [0.717, 1.165) is 43.7 Å². The second-order valence-corrected chi connectivity index (χ2v) is 14.4. The Balaban J connectivity index is 1.37. The summed E-state index contributed by atoms with van der Waals surface area (Å²) in [6.07, 6.45) is 6.75. The van der Waals surface area contributed by atoms with Crippen LogP contribution in [0.3, 0.4) is 0 Å². The van der Waals surface area contributed by atoms with Crippen LogP contribution in [-0.2, 0) is 22.2 Å². The molecule has 7 atom stereocenters. The molecule has 6 aliphatic rings. The van der Waals surface area contributed by atoms with Gasteiger partial charge in [-0.1, -0.05) is 49.2 Å². The maximum Gasteiger partial charge on any atom is 0.165 e. The number of phenols is 1. The molecule has 4 aliphatic carbocycles. The highest BCUT2D eigenvalue weighted by Gasteiger charge is 2.88. The van der Waals surface area contributed by atoms with E-state index >= 15 is 0 Å². The molecule has 3 saturated carbocycles. The largest absolute Gasteiger partial charge is 0.504 e. The van der Waals surface area contributed by atoms with Crippen LogP contribution in [0.15, 0.2) is 30.3 Å². The van der Waals surface area contributed by atoms with Crippen molar-refractivity contribution in [1.29, 1.82) is 0 Å². The average Bonchev–Trinajstić information content (AvgIpc) is 3.77. The summed E-state index contributed by atoms with van der Waals surface area (Å²) in [6.45, 7) is 11.2. The highest BCUT2D eigenvalue weighted by molar-refractivity contribution is 5.63. The molecule has 2 aromatic carbocycles. The van der Waals surface area contributed by atoms with Gasteiger partial charge in [0.2, 0.25) is 0 Å². The van der Waals surface area contributed by atoms with Crippen LogP contribution >= 0.6 is 0 Å². The second-order valence-electron chi connectivity index (χ2n) is 14.4. The Labute approximate surface area is 232 Å². The molecule has 2 heterocycles. The molecule has 2 N–H and O–H groups in total. The Hall–Kier alpha value is -2.08. The van der Waals surface area contributed by atoms with E-state index in [-0.39, 0.29) is 22.7 Å². The SMILES string of the molecule is CC[C@]1(OC)[C@@H]2Oc3c(O)ccc4c3[C@@]23CCN(CC2CC2)[C@H](C4)[C@@]3(C)CC12C[C@@]2(O)c1cc(C)cc(C)c1. The van der Waals surface area contributed by atoms with E-state index in [2.05, 4.69) is 56.9 Å². The maximum absolute atomic E-state index is 12.7. The zero-order valence-corrected chi connectivity index (χ0v) is 24.1. The normalized spacial score (nSPS) is 43.3. The van der Waals surface area contributed by atoms with E-state index in [1.165, 1.54) is 41.6 Å². The number of rotatable bonds is 5. The minimum Gasteiger partial charge on any atom is -0.504 e. The minimum absolute atomic E-state index is 0.114. The lowest BCUT2D eigenvalue weighted by Gasteiger charge is -2.70. The first-order chi connectivity index (χ1) is 18.6. The van der Waals surface area contributed by atoms with Crippen molar-refractivity contribution in [3.8, 4) is 11.5 Å². The summed E-state index contributed by atoms with van der Waals surface area (Å²) in [5, 5.41) is 23.9. The van der Waals surface area contributed by atoms with E-state index in [1.54, 1.807) is 0 Å². The molecule has 39 heavy (non-hydrogen) atoms. The van der Waals surface area contributed by atoms with Gasteiger partial charge in [-0.05, 0) is 93.9 Å². The molecule has 1 saturated heterocycles. The Morgan fingerprint density at radius 1 is 1.10 bits per heavy atom. The summed E-state index contributed by atoms with van der Waals surface area (Å²) in [7, 11) is 1.83. The molecule has 4 fully saturated rings. The fourth-order valence-electron chi connectivity index (χ4n) is 10.9. The average molecular weight is 530 g/mol. The lowest BCUT2D eigenvalue weighted by molar-refractivity contribution is -0.256. The smallest absolute Gasteiger partial charge is 0.165 e. The fraction of sp³-hybridized carbons (Fsp3) is 0.647. The summed E-state index contributed by atoms with van der Waals surface area (Å²) in [5.41, 5.74) is 3.49. The molecule has 2 aromatic rings. The predicted molar refractivity (Wildman–Crippen MR) is 150 cm³/mol. The van der Waals surface area contributed by atoms with Gasteiger partial charge in [0.25, 0.3) is 0 Å². The van der Waals surface area contributed by atoms with Crippen LogP contribution in [0.5, 0.6) is 11.5 Å². The monoisotopic (exact) mass is 529 g/mol. The molecule has 0 radical (unpaired) electrons. The second kappa shape index (κ2) is 7.40. The molecule has 5 nitrogen and oxygen atoms in total.